The van der Waals surface area contributed by atoms with E-state index in [0.717, 1.165) is 54.6 Å². The van der Waals surface area contributed by atoms with Crippen LogP contribution in [0.5, 0.6) is 0 Å². The van der Waals surface area contributed by atoms with Gasteiger partial charge in [0, 0.05) is 35.5 Å². The van der Waals surface area contributed by atoms with Crippen LogP contribution in [0.1, 0.15) is 49.4 Å². The van der Waals surface area contributed by atoms with Crippen molar-refractivity contribution in [2.75, 3.05) is 26.0 Å². The molecule has 0 radical (unpaired) electrons. The van der Waals surface area contributed by atoms with Crippen LogP contribution in [-0.4, -0.2) is 59.0 Å². The predicted molar refractivity (Wildman–Crippen MR) is 147 cm³/mol. The number of aromatic amines is 1. The van der Waals surface area contributed by atoms with E-state index in [2.05, 4.69) is 76.8 Å². The second-order valence-corrected chi connectivity index (χ2v) is 9.99. The zero-order valence-corrected chi connectivity index (χ0v) is 21.1. The summed E-state index contributed by atoms with van der Waals surface area (Å²) in [6.45, 7) is 7.10. The van der Waals surface area contributed by atoms with Crippen LogP contribution < -0.4 is 10.7 Å². The third-order valence-electron chi connectivity index (χ3n) is 7.64. The highest BCUT2D eigenvalue weighted by Gasteiger charge is 2.23. The highest BCUT2D eigenvalue weighted by molar-refractivity contribution is 6.12. The number of fused-ring (bicyclic) bond motifs is 5. The lowest BCUT2D eigenvalue weighted by Gasteiger charge is -2.24. The number of pyridine rings is 1. The Morgan fingerprint density at radius 1 is 1.26 bits per heavy atom. The first-order valence-electron chi connectivity index (χ1n) is 12.9. The number of nitrogens with one attached hydrogen (secondary N) is 3. The molecule has 2 aliphatic rings. The van der Waals surface area contributed by atoms with Crippen molar-refractivity contribution in [2.45, 2.75) is 57.5 Å². The number of hydrazone groups is 1. The van der Waals surface area contributed by atoms with Gasteiger partial charge in [0.1, 0.15) is 0 Å². The van der Waals surface area contributed by atoms with Gasteiger partial charge in [-0.25, -0.2) is 4.98 Å². The molecule has 0 fully saturated rings. The van der Waals surface area contributed by atoms with E-state index in [4.69, 9.17) is 4.98 Å². The molecule has 1 aliphatic carbocycles. The average molecular weight is 472 g/mol. The van der Waals surface area contributed by atoms with Gasteiger partial charge in [0.2, 0.25) is 0 Å². The maximum absolute atomic E-state index is 5.29. The molecular weight excluding hydrogens is 434 g/mol. The Kier molecular flexibility index (Phi) is 6.86. The van der Waals surface area contributed by atoms with Gasteiger partial charge < -0.3 is 15.6 Å². The van der Waals surface area contributed by atoms with Gasteiger partial charge in [-0.2, -0.15) is 10.2 Å². The quantitative estimate of drug-likeness (QED) is 0.387. The SMILES string of the molecule is C=CC1NN=CC1/C=C/c1nc2c(NCCC(CC)N(C)C)cc3[nH]ncc3c2c2c1CCCC2. The largest absolute Gasteiger partial charge is 0.383 e. The fraction of sp³-hybridized carbons (Fsp3) is 0.464. The highest BCUT2D eigenvalue weighted by Crippen LogP contribution is 2.38. The molecule has 7 heteroatoms. The molecule has 3 aromatic rings. The Labute approximate surface area is 207 Å². The Balaban J connectivity index is 1.58. The van der Waals surface area contributed by atoms with E-state index >= 15 is 0 Å². The highest BCUT2D eigenvalue weighted by atomic mass is 15.3. The summed E-state index contributed by atoms with van der Waals surface area (Å²) < 4.78 is 0. The topological polar surface area (TPSA) is 81.2 Å². The number of anilines is 1. The first-order chi connectivity index (χ1) is 17.1. The van der Waals surface area contributed by atoms with Crippen molar-refractivity contribution < 1.29 is 0 Å². The van der Waals surface area contributed by atoms with E-state index in [1.54, 1.807) is 0 Å². The zero-order valence-electron chi connectivity index (χ0n) is 21.1. The number of hydrogen-bond donors (Lipinski definition) is 3. The number of hydrogen-bond acceptors (Lipinski definition) is 6. The van der Waals surface area contributed by atoms with Crippen LogP contribution in [0, 0.1) is 5.92 Å². The summed E-state index contributed by atoms with van der Waals surface area (Å²) in [7, 11) is 4.32. The van der Waals surface area contributed by atoms with Crippen molar-refractivity contribution in [3.63, 3.8) is 0 Å². The lowest BCUT2D eigenvalue weighted by atomic mass is 9.86. The van der Waals surface area contributed by atoms with Gasteiger partial charge in [-0.15, -0.1) is 6.58 Å². The number of rotatable bonds is 9. The smallest absolute Gasteiger partial charge is 0.0951 e. The fourth-order valence-corrected chi connectivity index (χ4v) is 5.60. The van der Waals surface area contributed by atoms with Gasteiger partial charge in [0.15, 0.2) is 0 Å². The molecule has 1 aliphatic heterocycles. The van der Waals surface area contributed by atoms with Gasteiger partial charge in [0.25, 0.3) is 0 Å². The zero-order chi connectivity index (χ0) is 24.4. The minimum absolute atomic E-state index is 0.133. The van der Waals surface area contributed by atoms with Crippen molar-refractivity contribution in [1.29, 1.82) is 0 Å². The van der Waals surface area contributed by atoms with Gasteiger partial charge in [-0.3, -0.25) is 5.10 Å². The third kappa shape index (κ3) is 4.57. The summed E-state index contributed by atoms with van der Waals surface area (Å²) in [6, 6.07) is 2.87. The first-order valence-corrected chi connectivity index (χ1v) is 12.9. The third-order valence-corrected chi connectivity index (χ3v) is 7.64. The van der Waals surface area contributed by atoms with Crippen LogP contribution in [-0.2, 0) is 12.8 Å². The Morgan fingerprint density at radius 3 is 2.86 bits per heavy atom. The van der Waals surface area contributed by atoms with Gasteiger partial charge >= 0.3 is 0 Å². The molecule has 0 saturated carbocycles. The molecule has 35 heavy (non-hydrogen) atoms. The second kappa shape index (κ2) is 10.2. The van der Waals surface area contributed by atoms with E-state index in [1.165, 1.54) is 34.7 Å². The molecular formula is C28H37N7. The molecule has 7 nitrogen and oxygen atoms in total. The van der Waals surface area contributed by atoms with Crippen LogP contribution in [0.4, 0.5) is 5.69 Å². The molecule has 1 aromatic carbocycles. The van der Waals surface area contributed by atoms with Crippen LogP contribution in [0.15, 0.2) is 36.1 Å². The molecule has 0 bridgehead atoms. The van der Waals surface area contributed by atoms with Crippen molar-refractivity contribution in [1.82, 2.24) is 25.5 Å². The van der Waals surface area contributed by atoms with E-state index < -0.39 is 0 Å². The van der Waals surface area contributed by atoms with E-state index in [1.807, 2.05) is 18.5 Å². The van der Waals surface area contributed by atoms with Crippen LogP contribution in [0.25, 0.3) is 27.9 Å². The molecule has 5 rings (SSSR count). The molecule has 0 spiro atoms. The summed E-state index contributed by atoms with van der Waals surface area (Å²) in [5, 5.41) is 18.0. The van der Waals surface area contributed by atoms with Gasteiger partial charge in [0.05, 0.1) is 34.7 Å². The molecule has 184 valence electrons. The minimum atomic E-state index is 0.133. The van der Waals surface area contributed by atoms with Crippen LogP contribution >= 0.6 is 0 Å². The monoisotopic (exact) mass is 471 g/mol. The normalized spacial score (nSPS) is 20.6. The summed E-state index contributed by atoms with van der Waals surface area (Å²) in [6.07, 6.45) is 17.0. The summed E-state index contributed by atoms with van der Waals surface area (Å²) in [4.78, 5) is 7.60. The van der Waals surface area contributed by atoms with Gasteiger partial charge in [-0.05, 0) is 75.9 Å². The van der Waals surface area contributed by atoms with E-state index in [-0.39, 0.29) is 12.0 Å². The van der Waals surface area contributed by atoms with E-state index in [0.29, 0.717) is 6.04 Å². The Morgan fingerprint density at radius 2 is 2.09 bits per heavy atom. The lowest BCUT2D eigenvalue weighted by Crippen LogP contribution is -2.29. The molecule has 0 amide bonds. The van der Waals surface area contributed by atoms with Crippen molar-refractivity contribution in [2.24, 2.45) is 11.0 Å². The predicted octanol–water partition coefficient (Wildman–Crippen LogP) is 4.91. The van der Waals surface area contributed by atoms with Crippen molar-refractivity contribution in [3.8, 4) is 0 Å². The standard InChI is InChI=1S/C28H37N7/c1-5-19(35(3)4)13-14-29-26-15-25-22(17-31-34-25)27-21-10-8-7-9-20(21)24(32-28(26)27)12-11-18-16-30-33-23(18)6-2/h6,11-12,15-19,23,29,33H,2,5,7-10,13-14H2,1,3-4H3,(H,31,34)/b12-11+. The van der Waals surface area contributed by atoms with Crippen LogP contribution in [0.3, 0.4) is 0 Å². The lowest BCUT2D eigenvalue weighted by molar-refractivity contribution is 0.276. The molecule has 3 N–H and O–H groups in total. The number of H-pyrrole nitrogens is 1. The molecule has 3 heterocycles. The summed E-state index contributed by atoms with van der Waals surface area (Å²) in [5.41, 5.74) is 10.2. The summed E-state index contributed by atoms with van der Waals surface area (Å²) in [5.74, 6) is 0.190. The first kappa shape index (κ1) is 23.5. The molecule has 2 aromatic heterocycles. The second-order valence-electron chi connectivity index (χ2n) is 9.99. The number of aryl methyl sites for hydroxylation is 1. The van der Waals surface area contributed by atoms with Crippen LogP contribution in [0.2, 0.25) is 0 Å². The van der Waals surface area contributed by atoms with Crippen molar-refractivity contribution >= 4 is 39.8 Å². The average Bonchev–Trinajstić information content (AvgIpc) is 3.53. The molecule has 0 saturated heterocycles. The number of nitrogens with zero attached hydrogens (tertiary/aromatic N) is 4. The van der Waals surface area contributed by atoms with Gasteiger partial charge in [-0.1, -0.05) is 19.1 Å². The number of aromatic nitrogens is 3. The molecule has 3 atom stereocenters. The van der Waals surface area contributed by atoms with Crippen molar-refractivity contribution in [3.05, 3.63) is 47.8 Å². The minimum Gasteiger partial charge on any atom is -0.383 e. The maximum atomic E-state index is 5.29. The summed E-state index contributed by atoms with van der Waals surface area (Å²) >= 11 is 0. The van der Waals surface area contributed by atoms with E-state index in [9.17, 15) is 0 Å². The fourth-order valence-electron chi connectivity index (χ4n) is 5.60. The Hall–Kier alpha value is -3.19. The maximum Gasteiger partial charge on any atom is 0.0951 e. The molecule has 3 unspecified atom stereocenters. The Bertz CT molecular complexity index is 1270. The number of benzene rings is 1.